The van der Waals surface area contributed by atoms with E-state index in [1.165, 1.54) is 67.2 Å². The first-order chi connectivity index (χ1) is 10.4. The summed E-state index contributed by atoms with van der Waals surface area (Å²) in [6, 6.07) is 4.67. The van der Waals surface area contributed by atoms with Crippen LogP contribution in [0.5, 0.6) is 0 Å². The second-order valence-corrected chi connectivity index (χ2v) is 5.65. The Kier molecular flexibility index (Phi) is 4.34. The van der Waals surface area contributed by atoms with Gasteiger partial charge in [-0.15, -0.1) is 0 Å². The molecule has 1 aromatic rings. The Morgan fingerprint density at radius 3 is 2.14 bits per heavy atom. The van der Waals surface area contributed by atoms with Crippen molar-refractivity contribution in [3.05, 3.63) is 59.2 Å². The van der Waals surface area contributed by atoms with E-state index in [0.717, 1.165) is 6.29 Å². The number of anilines is 1. The maximum absolute atomic E-state index is 10.2. The third kappa shape index (κ3) is 3.15. The van der Waals surface area contributed by atoms with Crippen LogP contribution in [0.25, 0.3) is 6.08 Å². The maximum Gasteiger partial charge on any atom is 0.142 e. The number of allylic oxidation sites excluding steroid dienone is 5. The smallest absolute Gasteiger partial charge is 0.142 e. The van der Waals surface area contributed by atoms with E-state index in [1.54, 1.807) is 6.08 Å². The highest BCUT2D eigenvalue weighted by Gasteiger charge is 2.23. The molecular weight excluding hydrogens is 258 g/mol. The lowest BCUT2D eigenvalue weighted by molar-refractivity contribution is -0.104. The first kappa shape index (κ1) is 13.9. The van der Waals surface area contributed by atoms with Crippen molar-refractivity contribution in [1.29, 1.82) is 0 Å². The van der Waals surface area contributed by atoms with Crippen LogP contribution in [0.1, 0.15) is 29.5 Å². The van der Waals surface area contributed by atoms with Crippen LogP contribution in [0.3, 0.4) is 0 Å². The van der Waals surface area contributed by atoms with Crippen molar-refractivity contribution in [3.63, 3.8) is 0 Å². The van der Waals surface area contributed by atoms with E-state index in [1.807, 2.05) is 18.2 Å². The number of rotatable bonds is 4. The fourth-order valence-corrected chi connectivity index (χ4v) is 3.33. The lowest BCUT2D eigenvalue weighted by atomic mass is 9.90. The van der Waals surface area contributed by atoms with Gasteiger partial charge in [0.1, 0.15) is 6.29 Å². The normalized spacial score (nSPS) is 17.8. The molecule has 2 aliphatic rings. The minimum Gasteiger partial charge on any atom is -0.371 e. The monoisotopic (exact) mass is 279 g/mol. The van der Waals surface area contributed by atoms with Crippen molar-refractivity contribution in [2.24, 2.45) is 0 Å². The van der Waals surface area contributed by atoms with Crippen LogP contribution in [0.4, 0.5) is 5.69 Å². The summed E-state index contributed by atoms with van der Waals surface area (Å²) in [4.78, 5) is 12.7. The lowest BCUT2D eigenvalue weighted by Crippen LogP contribution is -2.34. The number of carbonyl (C=O) groups is 1. The summed E-state index contributed by atoms with van der Waals surface area (Å²) in [7, 11) is 0. The Morgan fingerprint density at radius 2 is 1.48 bits per heavy atom. The van der Waals surface area contributed by atoms with E-state index >= 15 is 0 Å². The van der Waals surface area contributed by atoms with Gasteiger partial charge in [-0.1, -0.05) is 30.4 Å². The molecule has 2 heterocycles. The quantitative estimate of drug-likeness (QED) is 0.476. The first-order valence-electron chi connectivity index (χ1n) is 7.74. The van der Waals surface area contributed by atoms with Crippen molar-refractivity contribution >= 4 is 18.0 Å². The Balaban J connectivity index is 1.81. The van der Waals surface area contributed by atoms with Crippen molar-refractivity contribution in [2.75, 3.05) is 18.0 Å². The Morgan fingerprint density at radius 1 is 0.857 bits per heavy atom. The minimum absolute atomic E-state index is 0.786. The SMILES string of the molecule is O=C/C=C/C=C/C=C/c1cc2c3c(c1)CCCN3CCC2. The fourth-order valence-electron chi connectivity index (χ4n) is 3.33. The minimum atomic E-state index is 0.786. The molecule has 0 N–H and O–H groups in total. The molecule has 21 heavy (non-hydrogen) atoms. The summed E-state index contributed by atoms with van der Waals surface area (Å²) >= 11 is 0. The summed E-state index contributed by atoms with van der Waals surface area (Å²) < 4.78 is 0. The number of carbonyl (C=O) groups excluding carboxylic acids is 1. The average Bonchev–Trinajstić information content (AvgIpc) is 2.51. The van der Waals surface area contributed by atoms with Crippen molar-refractivity contribution < 1.29 is 4.79 Å². The number of nitrogens with zero attached hydrogens (tertiary/aromatic N) is 1. The van der Waals surface area contributed by atoms with E-state index in [9.17, 15) is 4.79 Å². The van der Waals surface area contributed by atoms with Gasteiger partial charge in [0.2, 0.25) is 0 Å². The molecular formula is C19H21NO. The highest BCUT2D eigenvalue weighted by atomic mass is 16.1. The van der Waals surface area contributed by atoms with E-state index < -0.39 is 0 Å². The van der Waals surface area contributed by atoms with Crippen molar-refractivity contribution in [3.8, 4) is 0 Å². The highest BCUT2D eigenvalue weighted by Crippen LogP contribution is 2.36. The van der Waals surface area contributed by atoms with E-state index in [-0.39, 0.29) is 0 Å². The Hall–Kier alpha value is -2.09. The Labute approximate surface area is 126 Å². The number of hydrogen-bond donors (Lipinski definition) is 0. The molecule has 0 fully saturated rings. The van der Waals surface area contributed by atoms with Crippen LogP contribution in [-0.4, -0.2) is 19.4 Å². The van der Waals surface area contributed by atoms with Gasteiger partial charge in [-0.25, -0.2) is 0 Å². The molecule has 2 nitrogen and oxygen atoms in total. The summed E-state index contributed by atoms with van der Waals surface area (Å²) in [6.45, 7) is 2.45. The maximum atomic E-state index is 10.2. The second-order valence-electron chi connectivity index (χ2n) is 5.65. The fraction of sp³-hybridized carbons (Fsp3) is 0.316. The van der Waals surface area contributed by atoms with Gasteiger partial charge in [-0.2, -0.15) is 0 Å². The first-order valence-corrected chi connectivity index (χ1v) is 7.74. The molecule has 0 aliphatic carbocycles. The van der Waals surface area contributed by atoms with Gasteiger partial charge < -0.3 is 4.90 Å². The average molecular weight is 279 g/mol. The predicted octanol–water partition coefficient (Wildman–Crippen LogP) is 3.71. The molecule has 3 rings (SSSR count). The van der Waals surface area contributed by atoms with Crippen LogP contribution < -0.4 is 4.90 Å². The van der Waals surface area contributed by atoms with Crippen LogP contribution in [0, 0.1) is 0 Å². The van der Waals surface area contributed by atoms with Gasteiger partial charge in [-0.05, 0) is 60.6 Å². The zero-order valence-corrected chi connectivity index (χ0v) is 12.3. The molecule has 1 aromatic carbocycles. The summed E-state index contributed by atoms with van der Waals surface area (Å²) in [6.07, 6.45) is 17.0. The molecule has 108 valence electrons. The number of hydrogen-bond acceptors (Lipinski definition) is 2. The predicted molar refractivity (Wildman–Crippen MR) is 88.7 cm³/mol. The molecule has 0 saturated heterocycles. The third-order valence-electron chi connectivity index (χ3n) is 4.17. The zero-order valence-electron chi connectivity index (χ0n) is 12.3. The van der Waals surface area contributed by atoms with Crippen LogP contribution >= 0.6 is 0 Å². The van der Waals surface area contributed by atoms with Gasteiger partial charge in [0.25, 0.3) is 0 Å². The second kappa shape index (κ2) is 6.57. The van der Waals surface area contributed by atoms with Gasteiger partial charge in [0, 0.05) is 18.8 Å². The summed E-state index contributed by atoms with van der Waals surface area (Å²) in [5.74, 6) is 0. The van der Waals surface area contributed by atoms with Gasteiger partial charge in [-0.3, -0.25) is 4.79 Å². The molecule has 0 unspecified atom stereocenters. The molecule has 0 saturated carbocycles. The topological polar surface area (TPSA) is 20.3 Å². The highest BCUT2D eigenvalue weighted by molar-refractivity contribution is 5.68. The van der Waals surface area contributed by atoms with Crippen LogP contribution in [0.2, 0.25) is 0 Å². The van der Waals surface area contributed by atoms with Crippen LogP contribution in [0.15, 0.2) is 42.5 Å². The van der Waals surface area contributed by atoms with Gasteiger partial charge in [0.15, 0.2) is 0 Å². The number of aldehydes is 1. The van der Waals surface area contributed by atoms with E-state index in [0.29, 0.717) is 0 Å². The van der Waals surface area contributed by atoms with Gasteiger partial charge >= 0.3 is 0 Å². The molecule has 0 bridgehead atoms. The molecule has 0 atom stereocenters. The number of aryl methyl sites for hydroxylation is 2. The van der Waals surface area contributed by atoms with Crippen molar-refractivity contribution in [1.82, 2.24) is 0 Å². The molecule has 0 aromatic heterocycles. The lowest BCUT2D eigenvalue weighted by Gasteiger charge is -2.37. The molecule has 0 radical (unpaired) electrons. The largest absolute Gasteiger partial charge is 0.371 e. The summed E-state index contributed by atoms with van der Waals surface area (Å²) in [5.41, 5.74) is 5.84. The molecule has 0 amide bonds. The summed E-state index contributed by atoms with van der Waals surface area (Å²) in [5, 5.41) is 0. The van der Waals surface area contributed by atoms with Gasteiger partial charge in [0.05, 0.1) is 0 Å². The Bertz CT molecular complexity index is 579. The van der Waals surface area contributed by atoms with Crippen LogP contribution in [-0.2, 0) is 17.6 Å². The number of benzene rings is 1. The molecule has 0 spiro atoms. The van der Waals surface area contributed by atoms with Crippen molar-refractivity contribution in [2.45, 2.75) is 25.7 Å². The third-order valence-corrected chi connectivity index (χ3v) is 4.17. The zero-order chi connectivity index (χ0) is 14.5. The molecule has 2 heteroatoms. The standard InChI is InChI=1S/C19H21NO/c21-13-5-3-1-2-4-8-16-14-17-9-6-11-20-12-7-10-18(15-16)19(17)20/h1-5,8,13-15H,6-7,9-12H2/b2-1+,5-3+,8-4+. The van der Waals surface area contributed by atoms with E-state index in [4.69, 9.17) is 0 Å². The van der Waals surface area contributed by atoms with E-state index in [2.05, 4.69) is 23.1 Å². The molecule has 2 aliphatic heterocycles.